The zero-order valence-electron chi connectivity index (χ0n) is 21.4. The van der Waals surface area contributed by atoms with Crippen LogP contribution in [0.5, 0.6) is 0 Å². The van der Waals surface area contributed by atoms with Gasteiger partial charge in [-0.15, -0.1) is 0 Å². The van der Waals surface area contributed by atoms with Gasteiger partial charge in [-0.05, 0) is 74.0 Å². The SMILES string of the molecule is CC1C=CC=C(C2C=CCCC2NC2C=CCC(c3cc(C4(C)C=CCCC4S)ccc3N)C2)C1. The van der Waals surface area contributed by atoms with Crippen molar-refractivity contribution >= 4 is 18.3 Å². The van der Waals surface area contributed by atoms with Gasteiger partial charge < -0.3 is 11.1 Å². The number of nitrogen functional groups attached to an aromatic ring is 1. The smallest absolute Gasteiger partial charge is 0.0349 e. The van der Waals surface area contributed by atoms with Crippen molar-refractivity contribution in [1.29, 1.82) is 0 Å². The molecule has 35 heavy (non-hydrogen) atoms. The van der Waals surface area contributed by atoms with Gasteiger partial charge >= 0.3 is 0 Å². The van der Waals surface area contributed by atoms with E-state index in [1.807, 2.05) is 0 Å². The van der Waals surface area contributed by atoms with Gasteiger partial charge in [-0.2, -0.15) is 12.6 Å². The summed E-state index contributed by atoms with van der Waals surface area (Å²) in [6.07, 6.45) is 29.2. The minimum atomic E-state index is -0.0348. The van der Waals surface area contributed by atoms with Gasteiger partial charge in [0.1, 0.15) is 0 Å². The molecular weight excluding hydrogens is 444 g/mol. The zero-order valence-corrected chi connectivity index (χ0v) is 22.3. The summed E-state index contributed by atoms with van der Waals surface area (Å²) in [4.78, 5) is 0. The summed E-state index contributed by atoms with van der Waals surface area (Å²) in [5.74, 6) is 1.59. The highest BCUT2D eigenvalue weighted by Crippen LogP contribution is 2.42. The number of rotatable bonds is 5. The molecule has 0 aliphatic heterocycles. The maximum atomic E-state index is 6.59. The summed E-state index contributed by atoms with van der Waals surface area (Å²) < 4.78 is 0. The number of thiol groups is 1. The molecule has 0 heterocycles. The van der Waals surface area contributed by atoms with Crippen LogP contribution in [0.15, 0.2) is 78.5 Å². The van der Waals surface area contributed by atoms with Gasteiger partial charge in [-0.1, -0.05) is 86.2 Å². The van der Waals surface area contributed by atoms with Crippen molar-refractivity contribution in [3.05, 3.63) is 89.6 Å². The molecule has 0 bridgehead atoms. The van der Waals surface area contributed by atoms with Crippen molar-refractivity contribution in [2.24, 2.45) is 11.8 Å². The van der Waals surface area contributed by atoms with E-state index in [2.05, 4.69) is 92.0 Å². The van der Waals surface area contributed by atoms with Gasteiger partial charge in [-0.3, -0.25) is 0 Å². The Morgan fingerprint density at radius 2 is 1.91 bits per heavy atom. The van der Waals surface area contributed by atoms with Gasteiger partial charge in [0.25, 0.3) is 0 Å². The molecule has 5 rings (SSSR count). The Bertz CT molecular complexity index is 1060. The van der Waals surface area contributed by atoms with E-state index < -0.39 is 0 Å². The van der Waals surface area contributed by atoms with E-state index in [0.717, 1.165) is 31.4 Å². The van der Waals surface area contributed by atoms with Crippen LogP contribution >= 0.6 is 12.6 Å². The van der Waals surface area contributed by atoms with Crippen molar-refractivity contribution in [2.75, 3.05) is 5.73 Å². The molecule has 0 spiro atoms. The summed E-state index contributed by atoms with van der Waals surface area (Å²) in [5, 5.41) is 4.40. The van der Waals surface area contributed by atoms with Gasteiger partial charge in [0.15, 0.2) is 0 Å². The molecule has 0 amide bonds. The quantitative estimate of drug-likeness (QED) is 0.230. The molecule has 2 nitrogen and oxygen atoms in total. The van der Waals surface area contributed by atoms with Crippen LogP contribution in [-0.2, 0) is 5.41 Å². The molecule has 1 aromatic carbocycles. The zero-order chi connectivity index (χ0) is 24.4. The van der Waals surface area contributed by atoms with Gasteiger partial charge in [0.05, 0.1) is 0 Å². The van der Waals surface area contributed by atoms with Crippen LogP contribution < -0.4 is 11.1 Å². The van der Waals surface area contributed by atoms with Crippen LogP contribution in [0, 0.1) is 11.8 Å². The molecular formula is C32H42N2S. The normalized spacial score (nSPS) is 36.8. The molecule has 0 saturated carbocycles. The molecule has 186 valence electrons. The first-order chi connectivity index (χ1) is 16.9. The van der Waals surface area contributed by atoms with Crippen molar-refractivity contribution in [3.63, 3.8) is 0 Å². The fraction of sp³-hybridized carbons (Fsp3) is 0.500. The van der Waals surface area contributed by atoms with Gasteiger partial charge in [-0.25, -0.2) is 0 Å². The molecule has 0 fully saturated rings. The Morgan fingerprint density at radius 3 is 2.74 bits per heavy atom. The summed E-state index contributed by atoms with van der Waals surface area (Å²) >= 11 is 4.97. The van der Waals surface area contributed by atoms with Crippen LogP contribution in [0.3, 0.4) is 0 Å². The van der Waals surface area contributed by atoms with E-state index >= 15 is 0 Å². The third-order valence-electron chi connectivity index (χ3n) is 8.82. The first-order valence-corrected chi connectivity index (χ1v) is 14.2. The number of nitrogens with two attached hydrogens (primary N) is 1. The summed E-state index contributed by atoms with van der Waals surface area (Å²) in [6, 6.07) is 7.63. The molecule has 0 aromatic heterocycles. The summed E-state index contributed by atoms with van der Waals surface area (Å²) in [5.41, 5.74) is 11.7. The molecule has 7 unspecified atom stereocenters. The molecule has 1 aromatic rings. The Morgan fingerprint density at radius 1 is 1.06 bits per heavy atom. The number of hydrogen-bond acceptors (Lipinski definition) is 3. The molecule has 3 N–H and O–H groups in total. The Balaban J connectivity index is 1.33. The molecule has 3 heteroatoms. The maximum Gasteiger partial charge on any atom is 0.0349 e. The lowest BCUT2D eigenvalue weighted by Crippen LogP contribution is -2.44. The molecule has 4 aliphatic carbocycles. The third kappa shape index (κ3) is 5.27. The average Bonchev–Trinajstić information content (AvgIpc) is 2.87. The van der Waals surface area contributed by atoms with Gasteiger partial charge in [0.2, 0.25) is 0 Å². The number of allylic oxidation sites excluding steroid dienone is 7. The largest absolute Gasteiger partial charge is 0.398 e. The second kappa shape index (κ2) is 10.6. The fourth-order valence-electron chi connectivity index (χ4n) is 6.61. The number of hydrogen-bond donors (Lipinski definition) is 3. The standard InChI is InChI=1S/C32H42N2S/c1-22-9-7-10-23(19-22)27-13-3-4-14-30(27)34-26-12-8-11-24(20-26)28-21-25(16-17-29(28)33)32(2)18-6-5-15-31(32)35/h3,6-10,12-13,16-18,21-22,24,26-27,30-31,34-35H,4-5,11,14-15,19-20,33H2,1-2H3. The highest BCUT2D eigenvalue weighted by atomic mass is 32.1. The number of anilines is 1. The lowest BCUT2D eigenvalue weighted by molar-refractivity contribution is 0.349. The highest BCUT2D eigenvalue weighted by Gasteiger charge is 2.34. The van der Waals surface area contributed by atoms with Crippen molar-refractivity contribution in [3.8, 4) is 0 Å². The topological polar surface area (TPSA) is 38.0 Å². The van der Waals surface area contributed by atoms with Crippen molar-refractivity contribution < 1.29 is 0 Å². The van der Waals surface area contributed by atoms with Crippen LogP contribution in [-0.4, -0.2) is 17.3 Å². The Labute approximate surface area is 217 Å². The molecule has 0 radical (unpaired) electrons. The minimum absolute atomic E-state index is 0.0348. The fourth-order valence-corrected chi connectivity index (χ4v) is 7.00. The summed E-state index contributed by atoms with van der Waals surface area (Å²) in [6.45, 7) is 4.65. The monoisotopic (exact) mass is 486 g/mol. The molecule has 7 atom stereocenters. The van der Waals surface area contributed by atoms with Crippen LogP contribution in [0.2, 0.25) is 0 Å². The van der Waals surface area contributed by atoms with E-state index in [0.29, 0.717) is 35.1 Å². The lowest BCUT2D eigenvalue weighted by atomic mass is 9.73. The maximum absolute atomic E-state index is 6.59. The van der Waals surface area contributed by atoms with E-state index in [9.17, 15) is 0 Å². The van der Waals surface area contributed by atoms with Crippen molar-refractivity contribution in [1.82, 2.24) is 5.32 Å². The summed E-state index contributed by atoms with van der Waals surface area (Å²) in [7, 11) is 0. The number of benzene rings is 1. The van der Waals surface area contributed by atoms with Crippen LogP contribution in [0.25, 0.3) is 0 Å². The Kier molecular flexibility index (Phi) is 7.46. The second-order valence-electron chi connectivity index (χ2n) is 11.4. The first kappa shape index (κ1) is 24.7. The predicted octanol–water partition coefficient (Wildman–Crippen LogP) is 7.42. The predicted molar refractivity (Wildman–Crippen MR) is 154 cm³/mol. The second-order valence-corrected chi connectivity index (χ2v) is 12.1. The highest BCUT2D eigenvalue weighted by molar-refractivity contribution is 7.81. The minimum Gasteiger partial charge on any atom is -0.398 e. The first-order valence-electron chi connectivity index (χ1n) is 13.7. The average molecular weight is 487 g/mol. The van der Waals surface area contributed by atoms with Crippen molar-refractivity contribution in [2.45, 2.75) is 87.5 Å². The van der Waals surface area contributed by atoms with E-state index in [-0.39, 0.29) is 5.41 Å². The molecule has 0 saturated heterocycles. The third-order valence-corrected chi connectivity index (χ3v) is 9.62. The van der Waals surface area contributed by atoms with Crippen LogP contribution in [0.1, 0.15) is 75.8 Å². The van der Waals surface area contributed by atoms with Gasteiger partial charge in [0, 0.05) is 34.4 Å². The van der Waals surface area contributed by atoms with E-state index in [1.165, 1.54) is 30.4 Å². The van der Waals surface area contributed by atoms with Crippen LogP contribution in [0.4, 0.5) is 5.69 Å². The van der Waals surface area contributed by atoms with E-state index in [4.69, 9.17) is 18.4 Å². The lowest BCUT2D eigenvalue weighted by Gasteiger charge is -2.38. The van der Waals surface area contributed by atoms with E-state index in [1.54, 1.807) is 5.57 Å². The number of nitrogens with one attached hydrogen (secondary N) is 1. The Hall–Kier alpha value is -1.97. The molecule has 4 aliphatic rings.